The third kappa shape index (κ3) is 2.98. The van der Waals surface area contributed by atoms with Crippen molar-refractivity contribution in [3.05, 3.63) is 29.7 Å². The van der Waals surface area contributed by atoms with Gasteiger partial charge in [-0.25, -0.2) is 9.50 Å². The summed E-state index contributed by atoms with van der Waals surface area (Å²) < 4.78 is 13.1. The number of ether oxygens (including phenoxy) is 2. The highest BCUT2D eigenvalue weighted by Gasteiger charge is 2.32. The van der Waals surface area contributed by atoms with E-state index in [1.165, 1.54) is 0 Å². The highest BCUT2D eigenvalue weighted by Crippen LogP contribution is 2.21. The number of hydrogen-bond donors (Lipinski definition) is 1. The van der Waals surface area contributed by atoms with Crippen molar-refractivity contribution in [1.82, 2.24) is 19.9 Å². The van der Waals surface area contributed by atoms with Crippen molar-refractivity contribution in [1.29, 1.82) is 0 Å². The maximum absolute atomic E-state index is 5.74. The molecule has 0 saturated carbocycles. The average molecular weight is 276 g/mol. The van der Waals surface area contributed by atoms with Crippen LogP contribution in [0.5, 0.6) is 0 Å². The van der Waals surface area contributed by atoms with Crippen molar-refractivity contribution >= 4 is 5.65 Å². The summed E-state index contributed by atoms with van der Waals surface area (Å²) >= 11 is 0. The molecule has 0 spiro atoms. The summed E-state index contributed by atoms with van der Waals surface area (Å²) in [7, 11) is 0. The molecule has 1 aliphatic heterocycles. The van der Waals surface area contributed by atoms with Gasteiger partial charge in [0.2, 0.25) is 0 Å². The molecule has 2 aromatic heterocycles. The molecule has 0 amide bonds. The summed E-state index contributed by atoms with van der Waals surface area (Å²) in [5.41, 5.74) is 2.95. The molecule has 0 bridgehead atoms. The Morgan fingerprint density at radius 3 is 3.10 bits per heavy atom. The molecule has 2 aromatic rings. The Morgan fingerprint density at radius 1 is 1.50 bits per heavy atom. The van der Waals surface area contributed by atoms with Crippen LogP contribution in [0.2, 0.25) is 0 Å². The van der Waals surface area contributed by atoms with Crippen LogP contribution in [0.1, 0.15) is 25.1 Å². The van der Waals surface area contributed by atoms with Crippen molar-refractivity contribution in [2.24, 2.45) is 0 Å². The second-order valence-corrected chi connectivity index (χ2v) is 5.63. The summed E-state index contributed by atoms with van der Waals surface area (Å²) in [6, 6.07) is 1.96. The summed E-state index contributed by atoms with van der Waals surface area (Å²) in [5.74, 6) is -0.459. The lowest BCUT2D eigenvalue weighted by Crippen LogP contribution is -2.30. The van der Waals surface area contributed by atoms with Crippen LogP contribution in [0.3, 0.4) is 0 Å². The molecule has 0 aliphatic carbocycles. The van der Waals surface area contributed by atoms with Crippen LogP contribution in [-0.4, -0.2) is 39.6 Å². The molecule has 0 aromatic carbocycles. The van der Waals surface area contributed by atoms with Crippen LogP contribution in [0.4, 0.5) is 0 Å². The molecule has 1 atom stereocenters. The van der Waals surface area contributed by atoms with Crippen LogP contribution >= 0.6 is 0 Å². The van der Waals surface area contributed by atoms with E-state index in [0.29, 0.717) is 6.61 Å². The second kappa shape index (κ2) is 5.12. The summed E-state index contributed by atoms with van der Waals surface area (Å²) in [6.07, 6.45) is 3.98. The lowest BCUT2D eigenvalue weighted by Gasteiger charge is -2.17. The van der Waals surface area contributed by atoms with E-state index in [-0.39, 0.29) is 6.10 Å². The van der Waals surface area contributed by atoms with Crippen LogP contribution in [0.15, 0.2) is 18.5 Å². The van der Waals surface area contributed by atoms with Crippen LogP contribution < -0.4 is 5.32 Å². The molecule has 6 heteroatoms. The van der Waals surface area contributed by atoms with Crippen molar-refractivity contribution in [2.75, 3.05) is 13.2 Å². The fraction of sp³-hybridized carbons (Fsp3) is 0.571. The first-order valence-electron chi connectivity index (χ1n) is 6.85. The summed E-state index contributed by atoms with van der Waals surface area (Å²) in [6.45, 7) is 7.97. The average Bonchev–Trinajstić information content (AvgIpc) is 2.90. The number of hydrogen-bond acceptors (Lipinski definition) is 5. The SMILES string of the molecule is Cc1cc2ncc(CNCC3COC(C)(C)O3)cn2n1. The fourth-order valence-corrected chi connectivity index (χ4v) is 2.37. The Morgan fingerprint density at radius 2 is 2.35 bits per heavy atom. The van der Waals surface area contributed by atoms with E-state index < -0.39 is 5.79 Å². The van der Waals surface area contributed by atoms with Gasteiger partial charge in [0.15, 0.2) is 11.4 Å². The molecular weight excluding hydrogens is 256 g/mol. The summed E-state index contributed by atoms with van der Waals surface area (Å²) in [5, 5.41) is 7.73. The highest BCUT2D eigenvalue weighted by molar-refractivity contribution is 5.38. The van der Waals surface area contributed by atoms with Gasteiger partial charge in [-0.15, -0.1) is 0 Å². The number of fused-ring (bicyclic) bond motifs is 1. The van der Waals surface area contributed by atoms with Gasteiger partial charge in [-0.2, -0.15) is 5.10 Å². The minimum Gasteiger partial charge on any atom is -0.348 e. The number of aromatic nitrogens is 3. The molecule has 1 saturated heterocycles. The maximum Gasteiger partial charge on any atom is 0.163 e. The molecule has 108 valence electrons. The first-order valence-corrected chi connectivity index (χ1v) is 6.85. The third-order valence-electron chi connectivity index (χ3n) is 3.26. The number of nitrogens with one attached hydrogen (secondary N) is 1. The van der Waals surface area contributed by atoms with E-state index in [2.05, 4.69) is 15.4 Å². The van der Waals surface area contributed by atoms with Crippen molar-refractivity contribution < 1.29 is 9.47 Å². The minimum absolute atomic E-state index is 0.105. The normalized spacial score (nSPS) is 21.6. The van der Waals surface area contributed by atoms with Crippen molar-refractivity contribution in [3.63, 3.8) is 0 Å². The molecule has 6 nitrogen and oxygen atoms in total. The van der Waals surface area contributed by atoms with Crippen LogP contribution in [-0.2, 0) is 16.0 Å². The fourth-order valence-electron chi connectivity index (χ4n) is 2.37. The van der Waals surface area contributed by atoms with Crippen LogP contribution in [0.25, 0.3) is 5.65 Å². The number of nitrogens with zero attached hydrogens (tertiary/aromatic N) is 3. The molecule has 1 fully saturated rings. The smallest absolute Gasteiger partial charge is 0.163 e. The predicted octanol–water partition coefficient (Wildman–Crippen LogP) is 1.28. The Balaban J connectivity index is 1.55. The summed E-state index contributed by atoms with van der Waals surface area (Å²) in [4.78, 5) is 4.38. The van der Waals surface area contributed by atoms with E-state index in [9.17, 15) is 0 Å². The second-order valence-electron chi connectivity index (χ2n) is 5.63. The van der Waals surface area contributed by atoms with Crippen LogP contribution in [0, 0.1) is 6.92 Å². The van der Waals surface area contributed by atoms with Gasteiger partial charge in [0.1, 0.15) is 0 Å². The minimum atomic E-state index is -0.459. The lowest BCUT2D eigenvalue weighted by atomic mass is 10.3. The van der Waals surface area contributed by atoms with Crippen molar-refractivity contribution in [2.45, 2.75) is 39.2 Å². The van der Waals surface area contributed by atoms with Gasteiger partial charge in [0.25, 0.3) is 0 Å². The van der Waals surface area contributed by atoms with E-state index in [1.807, 2.05) is 43.7 Å². The van der Waals surface area contributed by atoms with Gasteiger partial charge in [-0.3, -0.25) is 0 Å². The number of rotatable bonds is 4. The Kier molecular flexibility index (Phi) is 3.45. The zero-order chi connectivity index (χ0) is 14.2. The Bertz CT molecular complexity index is 608. The zero-order valence-corrected chi connectivity index (χ0v) is 12.1. The first kappa shape index (κ1) is 13.5. The van der Waals surface area contributed by atoms with Gasteiger partial charge in [0.05, 0.1) is 18.4 Å². The standard InChI is InChI=1S/C14H20N4O2/c1-10-4-13-16-6-11(8-18(13)17-10)5-15-7-12-9-19-14(2,3)20-12/h4,6,8,12,15H,5,7,9H2,1-3H3. The van der Waals surface area contributed by atoms with Gasteiger partial charge in [-0.1, -0.05) is 0 Å². The zero-order valence-electron chi connectivity index (χ0n) is 12.1. The lowest BCUT2D eigenvalue weighted by molar-refractivity contribution is -0.137. The van der Waals surface area contributed by atoms with Crippen molar-refractivity contribution in [3.8, 4) is 0 Å². The van der Waals surface area contributed by atoms with Gasteiger partial charge >= 0.3 is 0 Å². The van der Waals surface area contributed by atoms with Gasteiger partial charge in [-0.05, 0) is 20.8 Å². The van der Waals surface area contributed by atoms with Gasteiger partial charge in [0, 0.05) is 37.1 Å². The topological polar surface area (TPSA) is 60.7 Å². The van der Waals surface area contributed by atoms with E-state index in [4.69, 9.17) is 9.47 Å². The maximum atomic E-state index is 5.74. The Labute approximate surface area is 118 Å². The monoisotopic (exact) mass is 276 g/mol. The third-order valence-corrected chi connectivity index (χ3v) is 3.26. The first-order chi connectivity index (χ1) is 9.52. The quantitative estimate of drug-likeness (QED) is 0.911. The largest absolute Gasteiger partial charge is 0.348 e. The van der Waals surface area contributed by atoms with E-state index >= 15 is 0 Å². The van der Waals surface area contributed by atoms with Gasteiger partial charge < -0.3 is 14.8 Å². The van der Waals surface area contributed by atoms with E-state index in [1.54, 1.807) is 0 Å². The van der Waals surface area contributed by atoms with E-state index in [0.717, 1.165) is 30.0 Å². The molecule has 0 radical (unpaired) electrons. The molecule has 1 unspecified atom stereocenters. The molecule has 20 heavy (non-hydrogen) atoms. The predicted molar refractivity (Wildman–Crippen MR) is 74.3 cm³/mol. The molecule has 3 rings (SSSR count). The number of aryl methyl sites for hydroxylation is 1. The Hall–Kier alpha value is -1.50. The molecular formula is C14H20N4O2. The molecule has 1 aliphatic rings. The molecule has 1 N–H and O–H groups in total. The highest BCUT2D eigenvalue weighted by atomic mass is 16.7. The molecule has 3 heterocycles.